The van der Waals surface area contributed by atoms with Crippen LogP contribution in [0.1, 0.15) is 296 Å². The van der Waals surface area contributed by atoms with Gasteiger partial charge < -0.3 is 20.3 Å². The lowest BCUT2D eigenvalue weighted by molar-refractivity contribution is -0.143. The number of unbranched alkanes of at least 4 members (excludes halogenated alkanes) is 35. The zero-order valence-electron chi connectivity index (χ0n) is 42.8. The van der Waals surface area contributed by atoms with Crippen LogP contribution >= 0.6 is 0 Å². The number of aliphatic hydroxyl groups excluding tert-OH is 2. The molecular formula is C58H109NO5. The summed E-state index contributed by atoms with van der Waals surface area (Å²) in [7, 11) is 0. The standard InChI is InChI=1S/C58H109NO5/c1-3-5-7-9-11-13-15-17-19-20-21-24-28-32-36-40-44-48-52-58(63)64-53-49-45-41-37-33-29-25-22-23-27-31-35-39-43-47-51-57(62)59-55(54-60)56(61)50-46-42-38-34-30-26-18-16-14-12-10-8-6-4-2/h13,15,19-20,25,29,55-56,60-61H,3-12,14,16-18,21-24,26-28,30-54H2,1-2H3,(H,59,62)/b15-13-,20-19-,29-25-. The van der Waals surface area contributed by atoms with Gasteiger partial charge in [0, 0.05) is 12.8 Å². The first-order valence-corrected chi connectivity index (χ1v) is 28.2. The summed E-state index contributed by atoms with van der Waals surface area (Å²) < 4.78 is 5.47. The minimum Gasteiger partial charge on any atom is -0.466 e. The SMILES string of the molecule is CCCCCC/C=C\C/C=C\CCCCCCCCCC(=O)OCCCCCC/C=C\CCCCCCCCCC(=O)NC(CO)C(O)CCCCCCCCCCCCCCCC. The highest BCUT2D eigenvalue weighted by molar-refractivity contribution is 5.76. The average Bonchev–Trinajstić information content (AvgIpc) is 3.29. The van der Waals surface area contributed by atoms with E-state index < -0.39 is 12.1 Å². The number of aliphatic hydroxyl groups is 2. The molecule has 0 aromatic heterocycles. The first-order chi connectivity index (χ1) is 31.5. The van der Waals surface area contributed by atoms with Crippen LogP contribution in [0.15, 0.2) is 36.5 Å². The third kappa shape index (κ3) is 49.5. The smallest absolute Gasteiger partial charge is 0.305 e. The summed E-state index contributed by atoms with van der Waals surface area (Å²) in [5.74, 6) is -0.0680. The third-order valence-electron chi connectivity index (χ3n) is 12.9. The van der Waals surface area contributed by atoms with Crippen LogP contribution in [0.3, 0.4) is 0 Å². The Morgan fingerprint density at radius 3 is 1.22 bits per heavy atom. The molecule has 64 heavy (non-hydrogen) atoms. The molecule has 0 aromatic carbocycles. The van der Waals surface area contributed by atoms with Gasteiger partial charge in [-0.15, -0.1) is 0 Å². The topological polar surface area (TPSA) is 95.9 Å². The van der Waals surface area contributed by atoms with Gasteiger partial charge in [-0.3, -0.25) is 9.59 Å². The van der Waals surface area contributed by atoms with Gasteiger partial charge in [0.05, 0.1) is 25.4 Å². The van der Waals surface area contributed by atoms with Gasteiger partial charge >= 0.3 is 5.97 Å². The number of allylic oxidation sites excluding steroid dienone is 6. The zero-order chi connectivity index (χ0) is 46.5. The van der Waals surface area contributed by atoms with Crippen molar-refractivity contribution < 1.29 is 24.5 Å². The molecular weight excluding hydrogens is 791 g/mol. The fourth-order valence-corrected chi connectivity index (χ4v) is 8.55. The van der Waals surface area contributed by atoms with E-state index in [9.17, 15) is 19.8 Å². The van der Waals surface area contributed by atoms with E-state index in [4.69, 9.17) is 4.74 Å². The van der Waals surface area contributed by atoms with Gasteiger partial charge in [0.1, 0.15) is 0 Å². The fourth-order valence-electron chi connectivity index (χ4n) is 8.55. The van der Waals surface area contributed by atoms with Gasteiger partial charge in [-0.25, -0.2) is 0 Å². The van der Waals surface area contributed by atoms with Crippen LogP contribution in [0.4, 0.5) is 0 Å². The molecule has 0 aromatic rings. The molecule has 3 N–H and O–H groups in total. The maximum absolute atomic E-state index is 12.5. The highest BCUT2D eigenvalue weighted by Crippen LogP contribution is 2.16. The van der Waals surface area contributed by atoms with E-state index in [0.717, 1.165) is 77.0 Å². The molecule has 0 rings (SSSR count). The summed E-state index contributed by atoms with van der Waals surface area (Å²) in [6.45, 7) is 4.90. The number of nitrogens with one attached hydrogen (secondary N) is 1. The van der Waals surface area contributed by atoms with E-state index in [0.29, 0.717) is 25.9 Å². The number of hydrogen-bond donors (Lipinski definition) is 3. The molecule has 0 heterocycles. The molecule has 6 heteroatoms. The second-order valence-electron chi connectivity index (χ2n) is 19.3. The first kappa shape index (κ1) is 62.1. The van der Waals surface area contributed by atoms with E-state index >= 15 is 0 Å². The van der Waals surface area contributed by atoms with Crippen molar-refractivity contribution in [2.75, 3.05) is 13.2 Å². The molecule has 0 saturated carbocycles. The van der Waals surface area contributed by atoms with E-state index in [1.807, 2.05) is 0 Å². The third-order valence-corrected chi connectivity index (χ3v) is 12.9. The van der Waals surface area contributed by atoms with Crippen molar-refractivity contribution >= 4 is 11.9 Å². The molecule has 0 fully saturated rings. The van der Waals surface area contributed by atoms with E-state index in [-0.39, 0.29) is 18.5 Å². The van der Waals surface area contributed by atoms with Crippen molar-refractivity contribution in [3.05, 3.63) is 36.5 Å². The Morgan fingerprint density at radius 2 is 0.781 bits per heavy atom. The lowest BCUT2D eigenvalue weighted by Gasteiger charge is -2.22. The molecule has 0 aliphatic rings. The molecule has 2 unspecified atom stereocenters. The number of rotatable bonds is 52. The number of carbonyl (C=O) groups is 2. The van der Waals surface area contributed by atoms with Crippen molar-refractivity contribution in [2.45, 2.75) is 309 Å². The second-order valence-corrected chi connectivity index (χ2v) is 19.3. The largest absolute Gasteiger partial charge is 0.466 e. The maximum atomic E-state index is 12.5. The second kappa shape index (κ2) is 53.7. The normalized spacial score (nSPS) is 12.9. The predicted molar refractivity (Wildman–Crippen MR) is 278 cm³/mol. The number of esters is 1. The highest BCUT2D eigenvalue weighted by Gasteiger charge is 2.20. The number of ether oxygens (including phenoxy) is 1. The molecule has 0 spiro atoms. The summed E-state index contributed by atoms with van der Waals surface area (Å²) in [4.78, 5) is 24.5. The van der Waals surface area contributed by atoms with Gasteiger partial charge in [-0.05, 0) is 83.5 Å². The van der Waals surface area contributed by atoms with Crippen molar-refractivity contribution in [2.24, 2.45) is 0 Å². The van der Waals surface area contributed by atoms with Crippen LogP contribution in [0.5, 0.6) is 0 Å². The van der Waals surface area contributed by atoms with E-state index in [2.05, 4.69) is 55.6 Å². The molecule has 0 radical (unpaired) electrons. The number of hydrogen-bond acceptors (Lipinski definition) is 5. The predicted octanol–water partition coefficient (Wildman–Crippen LogP) is 17.2. The average molecular weight is 901 g/mol. The van der Waals surface area contributed by atoms with Crippen LogP contribution in [-0.4, -0.2) is 47.4 Å². The number of amides is 1. The Balaban J connectivity index is 3.47. The highest BCUT2D eigenvalue weighted by atomic mass is 16.5. The van der Waals surface area contributed by atoms with Crippen LogP contribution < -0.4 is 5.32 Å². The molecule has 6 nitrogen and oxygen atoms in total. The summed E-state index contributed by atoms with van der Waals surface area (Å²) >= 11 is 0. The Hall–Kier alpha value is -1.92. The van der Waals surface area contributed by atoms with Gasteiger partial charge in [-0.2, -0.15) is 0 Å². The monoisotopic (exact) mass is 900 g/mol. The maximum Gasteiger partial charge on any atom is 0.305 e. The molecule has 0 bridgehead atoms. The van der Waals surface area contributed by atoms with Crippen molar-refractivity contribution in [1.29, 1.82) is 0 Å². The van der Waals surface area contributed by atoms with Gasteiger partial charge in [-0.1, -0.05) is 237 Å². The summed E-state index contributed by atoms with van der Waals surface area (Å²) in [5, 5.41) is 23.2. The van der Waals surface area contributed by atoms with Gasteiger partial charge in [0.25, 0.3) is 0 Å². The summed E-state index contributed by atoms with van der Waals surface area (Å²) in [6.07, 6.45) is 65.5. The summed E-state index contributed by atoms with van der Waals surface area (Å²) in [5.41, 5.74) is 0. The van der Waals surface area contributed by atoms with E-state index in [1.165, 1.54) is 186 Å². The van der Waals surface area contributed by atoms with Gasteiger partial charge in [0.15, 0.2) is 0 Å². The molecule has 0 saturated heterocycles. The summed E-state index contributed by atoms with van der Waals surface area (Å²) in [6, 6.07) is -0.553. The van der Waals surface area contributed by atoms with Crippen molar-refractivity contribution in [3.63, 3.8) is 0 Å². The van der Waals surface area contributed by atoms with Crippen LogP contribution in [0.25, 0.3) is 0 Å². The lowest BCUT2D eigenvalue weighted by atomic mass is 10.0. The molecule has 1 amide bonds. The lowest BCUT2D eigenvalue weighted by Crippen LogP contribution is -2.45. The molecule has 0 aliphatic carbocycles. The van der Waals surface area contributed by atoms with Crippen molar-refractivity contribution in [3.8, 4) is 0 Å². The molecule has 2 atom stereocenters. The van der Waals surface area contributed by atoms with Gasteiger partial charge in [0.2, 0.25) is 5.91 Å². The Labute approximate surface area is 398 Å². The Morgan fingerprint density at radius 1 is 0.438 bits per heavy atom. The van der Waals surface area contributed by atoms with Crippen LogP contribution in [0, 0.1) is 0 Å². The molecule has 0 aliphatic heterocycles. The van der Waals surface area contributed by atoms with Crippen LogP contribution in [0.2, 0.25) is 0 Å². The fraction of sp³-hybridized carbons (Fsp3) is 0.862. The minimum atomic E-state index is -0.674. The first-order valence-electron chi connectivity index (χ1n) is 28.2. The quantitative estimate of drug-likeness (QED) is 0.0321. The Bertz CT molecular complexity index is 1040. The zero-order valence-corrected chi connectivity index (χ0v) is 42.8. The van der Waals surface area contributed by atoms with Crippen molar-refractivity contribution in [1.82, 2.24) is 5.32 Å². The minimum absolute atomic E-state index is 0.0175. The van der Waals surface area contributed by atoms with Crippen LogP contribution in [-0.2, 0) is 14.3 Å². The van der Waals surface area contributed by atoms with E-state index in [1.54, 1.807) is 0 Å². The Kier molecular flexibility index (Phi) is 52.1. The molecule has 376 valence electrons. The number of carbonyl (C=O) groups excluding carboxylic acids is 2.